The number of methoxy groups -OCH3 is 1. The molecule has 1 unspecified atom stereocenters. The van der Waals surface area contributed by atoms with Crippen LogP contribution >= 0.6 is 0 Å². The van der Waals surface area contributed by atoms with Crippen LogP contribution < -0.4 is 10.2 Å². The van der Waals surface area contributed by atoms with Crippen LogP contribution in [-0.2, 0) is 28.9 Å². The predicted molar refractivity (Wildman–Crippen MR) is 140 cm³/mol. The maximum atomic E-state index is 13.3. The normalized spacial score (nSPS) is 22.4. The average Bonchev–Trinajstić information content (AvgIpc) is 3.22. The van der Waals surface area contributed by atoms with Gasteiger partial charge in [-0.05, 0) is 67.7 Å². The molecular weight excluding hydrogens is 484 g/mol. The highest BCUT2D eigenvalue weighted by molar-refractivity contribution is 6.01. The number of fused-ring (bicyclic) bond motifs is 1. The highest BCUT2D eigenvalue weighted by Gasteiger charge is 2.32. The van der Waals surface area contributed by atoms with Crippen LogP contribution in [0.5, 0.6) is 0 Å². The van der Waals surface area contributed by atoms with Crippen molar-refractivity contribution >= 4 is 29.9 Å². The Morgan fingerprint density at radius 3 is 2.76 bits per heavy atom. The molecule has 0 radical (unpaired) electrons. The van der Waals surface area contributed by atoms with Gasteiger partial charge in [0.15, 0.2) is 6.29 Å². The Bertz CT molecular complexity index is 1300. The van der Waals surface area contributed by atoms with E-state index in [-0.39, 0.29) is 23.6 Å². The van der Waals surface area contributed by atoms with Crippen molar-refractivity contribution in [1.29, 1.82) is 5.26 Å². The zero-order valence-electron chi connectivity index (χ0n) is 21.8. The third-order valence-corrected chi connectivity index (χ3v) is 8.04. The lowest BCUT2D eigenvalue weighted by Crippen LogP contribution is -2.40. The molecule has 198 valence electrons. The summed E-state index contributed by atoms with van der Waals surface area (Å²) in [5.74, 6) is 1.23. The third-order valence-electron chi connectivity index (χ3n) is 8.04. The van der Waals surface area contributed by atoms with Gasteiger partial charge in [-0.2, -0.15) is 5.26 Å². The van der Waals surface area contributed by atoms with Crippen molar-refractivity contribution in [2.24, 2.45) is 11.8 Å². The molecule has 4 heterocycles. The first-order valence-corrected chi connectivity index (χ1v) is 13.2. The highest BCUT2D eigenvalue weighted by Crippen LogP contribution is 2.34. The largest absolute Gasteiger partial charge is 0.381 e. The van der Waals surface area contributed by atoms with Gasteiger partial charge in [0.1, 0.15) is 23.4 Å². The summed E-state index contributed by atoms with van der Waals surface area (Å²) in [5, 5.41) is 12.4. The van der Waals surface area contributed by atoms with E-state index < -0.39 is 6.03 Å². The van der Waals surface area contributed by atoms with E-state index in [1.54, 1.807) is 18.1 Å². The topological polar surface area (TPSA) is 129 Å². The maximum absolute atomic E-state index is 13.3. The van der Waals surface area contributed by atoms with Crippen LogP contribution in [-0.4, -0.2) is 59.4 Å². The number of hydrogen-bond acceptors (Lipinski definition) is 7. The number of carbonyl (C=O) groups is 3. The van der Waals surface area contributed by atoms with E-state index in [1.165, 1.54) is 11.1 Å². The van der Waals surface area contributed by atoms with E-state index in [4.69, 9.17) is 4.74 Å². The summed E-state index contributed by atoms with van der Waals surface area (Å²) < 4.78 is 5.50. The Labute approximate surface area is 222 Å². The molecule has 38 heavy (non-hydrogen) atoms. The minimum absolute atomic E-state index is 0.00840. The molecule has 1 aliphatic carbocycles. The van der Waals surface area contributed by atoms with E-state index in [0.29, 0.717) is 61.0 Å². The summed E-state index contributed by atoms with van der Waals surface area (Å²) in [6.07, 6.45) is 7.37. The first-order chi connectivity index (χ1) is 18.4. The van der Waals surface area contributed by atoms with E-state index >= 15 is 0 Å². The lowest BCUT2D eigenvalue weighted by atomic mass is 9.77. The van der Waals surface area contributed by atoms with Gasteiger partial charge in [-0.15, -0.1) is 0 Å². The molecule has 1 saturated heterocycles. The monoisotopic (exact) mass is 516 g/mol. The van der Waals surface area contributed by atoms with Crippen molar-refractivity contribution in [3.63, 3.8) is 0 Å². The number of anilines is 2. The number of aldehydes is 1. The Morgan fingerprint density at radius 2 is 2.11 bits per heavy atom. The standard InChI is InChI=1S/C28H32N6O4/c1-17-7-9-33(27(17)36)15-21-11-19-4-3-8-34(26(19)31-23(21)16-35)28(37)32-25-12-20(22(13-29)14-30-25)10-18-5-6-24(18)38-2/h11-12,14,16-18,24H,3-10,15H2,1-2H3,(H,30,32,37)/t17?,18-,24+/m1/s1. The molecule has 3 amide bonds. The quantitative estimate of drug-likeness (QED) is 0.558. The smallest absolute Gasteiger partial charge is 0.328 e. The van der Waals surface area contributed by atoms with Crippen LogP contribution in [0.1, 0.15) is 65.3 Å². The number of urea groups is 1. The summed E-state index contributed by atoms with van der Waals surface area (Å²) in [7, 11) is 1.70. The number of rotatable bonds is 7. The molecule has 1 N–H and O–H groups in total. The zero-order chi connectivity index (χ0) is 26.8. The van der Waals surface area contributed by atoms with Crippen molar-refractivity contribution < 1.29 is 19.1 Å². The second kappa shape index (κ2) is 10.9. The fourth-order valence-electron chi connectivity index (χ4n) is 5.62. The van der Waals surface area contributed by atoms with Gasteiger partial charge in [-0.1, -0.05) is 6.92 Å². The van der Waals surface area contributed by atoms with Gasteiger partial charge < -0.3 is 9.64 Å². The molecule has 3 atom stereocenters. The predicted octanol–water partition coefficient (Wildman–Crippen LogP) is 3.48. The number of nitrogens with one attached hydrogen (secondary N) is 1. The van der Waals surface area contributed by atoms with Crippen molar-refractivity contribution in [1.82, 2.24) is 14.9 Å². The van der Waals surface area contributed by atoms with Gasteiger partial charge in [0.2, 0.25) is 5.91 Å². The van der Waals surface area contributed by atoms with Gasteiger partial charge in [0, 0.05) is 44.4 Å². The van der Waals surface area contributed by atoms with Gasteiger partial charge >= 0.3 is 6.03 Å². The first-order valence-electron chi connectivity index (χ1n) is 13.2. The minimum atomic E-state index is -0.395. The Balaban J connectivity index is 1.35. The Hall–Kier alpha value is -3.84. The summed E-state index contributed by atoms with van der Waals surface area (Å²) in [5.41, 5.74) is 3.13. The summed E-state index contributed by atoms with van der Waals surface area (Å²) in [6.45, 7) is 3.37. The van der Waals surface area contributed by atoms with Gasteiger partial charge in [0.05, 0.1) is 11.7 Å². The Kier molecular flexibility index (Phi) is 7.38. The number of carbonyl (C=O) groups excluding carboxylic acids is 3. The van der Waals surface area contributed by atoms with E-state index in [9.17, 15) is 19.6 Å². The fraction of sp³-hybridized carbons (Fsp3) is 0.500. The second-order valence-electron chi connectivity index (χ2n) is 10.4. The first kappa shape index (κ1) is 25.8. The van der Waals surface area contributed by atoms with Crippen LogP contribution in [0.4, 0.5) is 16.4 Å². The molecule has 5 rings (SSSR count). The molecule has 2 aromatic rings. The van der Waals surface area contributed by atoms with Crippen LogP contribution in [0.3, 0.4) is 0 Å². The van der Waals surface area contributed by atoms with Crippen LogP contribution in [0.25, 0.3) is 0 Å². The minimum Gasteiger partial charge on any atom is -0.381 e. The number of pyridine rings is 2. The molecule has 0 spiro atoms. The number of hydrogen-bond donors (Lipinski definition) is 1. The number of amides is 3. The molecule has 10 heteroatoms. The van der Waals surface area contributed by atoms with Gasteiger partial charge in [-0.25, -0.2) is 14.8 Å². The van der Waals surface area contributed by atoms with E-state index in [0.717, 1.165) is 43.2 Å². The van der Waals surface area contributed by atoms with E-state index in [1.807, 2.05) is 13.0 Å². The number of ether oxygens (including phenoxy) is 1. The lowest BCUT2D eigenvalue weighted by Gasteiger charge is -2.35. The molecule has 0 aromatic carbocycles. The van der Waals surface area contributed by atoms with Crippen LogP contribution in [0.2, 0.25) is 0 Å². The number of aromatic nitrogens is 2. The molecule has 2 aromatic heterocycles. The second-order valence-corrected chi connectivity index (χ2v) is 10.4. The van der Waals surface area contributed by atoms with Crippen LogP contribution in [0.15, 0.2) is 18.3 Å². The van der Waals surface area contributed by atoms with E-state index in [2.05, 4.69) is 21.4 Å². The molecule has 2 fully saturated rings. The number of likely N-dealkylation sites (tertiary alicyclic amines) is 1. The number of nitriles is 1. The number of aryl methyl sites for hydroxylation is 1. The fourth-order valence-corrected chi connectivity index (χ4v) is 5.62. The maximum Gasteiger partial charge on any atom is 0.328 e. The van der Waals surface area contributed by atoms with Crippen molar-refractivity contribution in [3.8, 4) is 6.07 Å². The summed E-state index contributed by atoms with van der Waals surface area (Å²) in [6, 6.07) is 5.46. The SMILES string of the molecule is CO[C@H]1CC[C@@H]1Cc1cc(NC(=O)N2CCCc3cc(CN4CCC(C)C4=O)c(C=O)nc32)ncc1C#N. The molecular formula is C28H32N6O4. The molecule has 3 aliphatic rings. The average molecular weight is 517 g/mol. The summed E-state index contributed by atoms with van der Waals surface area (Å²) in [4.78, 5) is 49.8. The zero-order valence-corrected chi connectivity index (χ0v) is 21.8. The summed E-state index contributed by atoms with van der Waals surface area (Å²) >= 11 is 0. The van der Waals surface area contributed by atoms with Crippen molar-refractivity contribution in [2.45, 2.75) is 58.1 Å². The van der Waals surface area contributed by atoms with Gasteiger partial charge in [-0.3, -0.25) is 19.8 Å². The van der Waals surface area contributed by atoms with Crippen molar-refractivity contribution in [2.75, 3.05) is 30.4 Å². The molecule has 1 saturated carbocycles. The number of nitrogens with zero attached hydrogens (tertiary/aromatic N) is 5. The Morgan fingerprint density at radius 1 is 1.26 bits per heavy atom. The molecule has 2 aliphatic heterocycles. The highest BCUT2D eigenvalue weighted by atomic mass is 16.5. The van der Waals surface area contributed by atoms with Crippen molar-refractivity contribution in [3.05, 3.63) is 46.3 Å². The molecule has 0 bridgehead atoms. The van der Waals surface area contributed by atoms with Crippen LogP contribution in [0, 0.1) is 23.2 Å². The van der Waals surface area contributed by atoms with Gasteiger partial charge in [0.25, 0.3) is 0 Å². The molecule has 10 nitrogen and oxygen atoms in total. The lowest BCUT2D eigenvalue weighted by molar-refractivity contribution is -0.131. The third kappa shape index (κ3) is 4.98.